The van der Waals surface area contributed by atoms with E-state index in [0.29, 0.717) is 5.11 Å². The second-order valence-corrected chi connectivity index (χ2v) is 7.46. The van der Waals surface area contributed by atoms with Crippen LogP contribution in [0, 0.1) is 5.92 Å². The summed E-state index contributed by atoms with van der Waals surface area (Å²) in [6.07, 6.45) is 0.227. The molecule has 0 saturated carbocycles. The van der Waals surface area contributed by atoms with Crippen molar-refractivity contribution in [3.05, 3.63) is 28.7 Å². The smallest absolute Gasteiger partial charge is 0.170 e. The predicted molar refractivity (Wildman–Crippen MR) is 98.5 cm³/mol. The van der Waals surface area contributed by atoms with Gasteiger partial charge in [-0.05, 0) is 30.4 Å². The van der Waals surface area contributed by atoms with E-state index >= 15 is 0 Å². The monoisotopic (exact) mass is 386 g/mol. The zero-order valence-corrected chi connectivity index (χ0v) is 15.6. The molecule has 1 aromatic rings. The lowest BCUT2D eigenvalue weighted by Gasteiger charge is -2.31. The van der Waals surface area contributed by atoms with E-state index in [-0.39, 0.29) is 6.10 Å². The highest BCUT2D eigenvalue weighted by molar-refractivity contribution is 9.10. The summed E-state index contributed by atoms with van der Waals surface area (Å²) in [5.41, 5.74) is 0.975. The predicted octanol–water partition coefficient (Wildman–Crippen LogP) is 1.68. The maximum absolute atomic E-state index is 5.83. The van der Waals surface area contributed by atoms with Gasteiger partial charge in [-0.3, -0.25) is 0 Å². The molecular formula is C16H25BrN3OS+. The standard InChI is InChI=1S/C16H24BrN3OS/c1-12(2)10-20-6-7-21-15(11-20)9-18-16(22)19-14-5-3-4-13(17)8-14/h3-5,8,12,15H,6-7,9-11H2,1-2H3,(H2,18,19,22)/p+1/t15-/m0/s1. The van der Waals surface area contributed by atoms with Crippen LogP contribution < -0.4 is 15.5 Å². The van der Waals surface area contributed by atoms with Gasteiger partial charge in [-0.15, -0.1) is 0 Å². The third kappa shape index (κ3) is 6.20. The Morgan fingerprint density at radius 3 is 3.05 bits per heavy atom. The number of quaternary nitrogens is 1. The van der Waals surface area contributed by atoms with Gasteiger partial charge in [0.05, 0.1) is 13.2 Å². The molecule has 2 atom stereocenters. The molecule has 1 aromatic carbocycles. The lowest BCUT2D eigenvalue weighted by molar-refractivity contribution is -0.914. The zero-order valence-electron chi connectivity index (χ0n) is 13.2. The van der Waals surface area contributed by atoms with Crippen molar-refractivity contribution >= 4 is 38.9 Å². The fourth-order valence-electron chi connectivity index (χ4n) is 2.69. The van der Waals surface area contributed by atoms with Gasteiger partial charge in [0.1, 0.15) is 19.2 Å². The molecule has 1 saturated heterocycles. The summed E-state index contributed by atoms with van der Waals surface area (Å²) in [5.74, 6) is 0.723. The molecule has 1 unspecified atom stereocenters. The molecule has 1 heterocycles. The van der Waals surface area contributed by atoms with E-state index in [2.05, 4.69) is 40.4 Å². The fourth-order valence-corrected chi connectivity index (χ4v) is 3.30. The Morgan fingerprint density at radius 2 is 2.32 bits per heavy atom. The first-order valence-electron chi connectivity index (χ1n) is 7.78. The van der Waals surface area contributed by atoms with Crippen molar-refractivity contribution in [3.63, 3.8) is 0 Å². The Bertz CT molecular complexity index is 498. The van der Waals surface area contributed by atoms with Crippen LogP contribution in [0.4, 0.5) is 5.69 Å². The average molecular weight is 387 g/mol. The summed E-state index contributed by atoms with van der Waals surface area (Å²) >= 11 is 8.80. The van der Waals surface area contributed by atoms with Crippen LogP contribution in [0.15, 0.2) is 28.7 Å². The second kappa shape index (κ2) is 8.82. The summed E-state index contributed by atoms with van der Waals surface area (Å²) in [4.78, 5) is 1.62. The molecule has 4 nitrogen and oxygen atoms in total. The molecule has 1 fully saturated rings. The van der Waals surface area contributed by atoms with Gasteiger partial charge in [-0.2, -0.15) is 0 Å². The molecule has 0 spiro atoms. The Kier molecular flexibility index (Phi) is 7.08. The first kappa shape index (κ1) is 17.7. The topological polar surface area (TPSA) is 37.7 Å². The Balaban J connectivity index is 1.73. The number of thiocarbonyl (C=S) groups is 1. The number of halogens is 1. The molecule has 0 bridgehead atoms. The highest BCUT2D eigenvalue weighted by Crippen LogP contribution is 2.15. The SMILES string of the molecule is CC(C)C[NH+]1CCO[C@@H](CNC(=S)Nc2cccc(Br)c2)C1. The van der Waals surface area contributed by atoms with Crippen molar-refractivity contribution in [2.24, 2.45) is 5.92 Å². The summed E-state index contributed by atoms with van der Waals surface area (Å²) in [6, 6.07) is 7.96. The molecule has 1 aliphatic heterocycles. The molecule has 2 rings (SSSR count). The number of anilines is 1. The Morgan fingerprint density at radius 1 is 1.50 bits per heavy atom. The minimum absolute atomic E-state index is 0.227. The molecule has 0 aromatic heterocycles. The normalized spacial score (nSPS) is 21.6. The van der Waals surface area contributed by atoms with E-state index in [4.69, 9.17) is 17.0 Å². The van der Waals surface area contributed by atoms with Crippen molar-refractivity contribution in [2.75, 3.05) is 38.1 Å². The lowest BCUT2D eigenvalue weighted by atomic mass is 10.2. The van der Waals surface area contributed by atoms with Crippen LogP contribution >= 0.6 is 28.1 Å². The molecule has 1 aliphatic rings. The van der Waals surface area contributed by atoms with Crippen LogP contribution in [0.5, 0.6) is 0 Å². The van der Waals surface area contributed by atoms with Crippen molar-refractivity contribution in [1.82, 2.24) is 5.32 Å². The number of rotatable bonds is 5. The van der Waals surface area contributed by atoms with Gasteiger partial charge in [0.25, 0.3) is 0 Å². The first-order chi connectivity index (χ1) is 10.5. The summed E-state index contributed by atoms with van der Waals surface area (Å²) in [7, 11) is 0. The molecule has 6 heteroatoms. The molecule has 22 heavy (non-hydrogen) atoms. The van der Waals surface area contributed by atoms with Crippen LogP contribution in [0.3, 0.4) is 0 Å². The minimum atomic E-state index is 0.227. The van der Waals surface area contributed by atoms with Gasteiger partial charge in [0.15, 0.2) is 5.11 Å². The first-order valence-corrected chi connectivity index (χ1v) is 8.98. The van der Waals surface area contributed by atoms with Crippen LogP contribution in [0.2, 0.25) is 0 Å². The van der Waals surface area contributed by atoms with Gasteiger partial charge in [0.2, 0.25) is 0 Å². The lowest BCUT2D eigenvalue weighted by Crippen LogP contribution is -3.15. The highest BCUT2D eigenvalue weighted by Gasteiger charge is 2.24. The Hall–Kier alpha value is -0.690. The number of benzene rings is 1. The summed E-state index contributed by atoms with van der Waals surface area (Å²) in [5, 5.41) is 7.09. The number of hydrogen-bond donors (Lipinski definition) is 3. The van der Waals surface area contributed by atoms with Crippen LogP contribution in [0.25, 0.3) is 0 Å². The molecule has 0 radical (unpaired) electrons. The van der Waals surface area contributed by atoms with Gasteiger partial charge in [0, 0.05) is 22.6 Å². The third-order valence-electron chi connectivity index (χ3n) is 3.60. The van der Waals surface area contributed by atoms with Crippen molar-refractivity contribution in [3.8, 4) is 0 Å². The molecule has 0 amide bonds. The highest BCUT2D eigenvalue weighted by atomic mass is 79.9. The van der Waals surface area contributed by atoms with E-state index in [1.807, 2.05) is 24.3 Å². The molecular weight excluding hydrogens is 362 g/mol. The van der Waals surface area contributed by atoms with Gasteiger partial charge >= 0.3 is 0 Å². The van der Waals surface area contributed by atoms with Crippen molar-refractivity contribution in [2.45, 2.75) is 20.0 Å². The number of ether oxygens (including phenoxy) is 1. The Labute approximate surface area is 146 Å². The van der Waals surface area contributed by atoms with Crippen LogP contribution in [-0.2, 0) is 4.74 Å². The van der Waals surface area contributed by atoms with E-state index in [1.165, 1.54) is 6.54 Å². The second-order valence-electron chi connectivity index (χ2n) is 6.14. The fraction of sp³-hybridized carbons (Fsp3) is 0.562. The number of nitrogens with one attached hydrogen (secondary N) is 3. The van der Waals surface area contributed by atoms with E-state index in [9.17, 15) is 0 Å². The largest absolute Gasteiger partial charge is 0.365 e. The van der Waals surface area contributed by atoms with Gasteiger partial charge < -0.3 is 20.3 Å². The third-order valence-corrected chi connectivity index (χ3v) is 4.33. The van der Waals surface area contributed by atoms with Crippen molar-refractivity contribution < 1.29 is 9.64 Å². The van der Waals surface area contributed by atoms with E-state index < -0.39 is 0 Å². The van der Waals surface area contributed by atoms with Gasteiger partial charge in [-0.25, -0.2) is 0 Å². The summed E-state index contributed by atoms with van der Waals surface area (Å²) in [6.45, 7) is 9.49. The maximum Gasteiger partial charge on any atom is 0.170 e. The molecule has 0 aliphatic carbocycles. The quantitative estimate of drug-likeness (QED) is 0.673. The molecule has 3 N–H and O–H groups in total. The number of morpholine rings is 1. The molecule has 122 valence electrons. The number of hydrogen-bond acceptors (Lipinski definition) is 2. The summed E-state index contributed by atoms with van der Waals surface area (Å²) < 4.78 is 6.86. The zero-order chi connectivity index (χ0) is 15.9. The van der Waals surface area contributed by atoms with Crippen molar-refractivity contribution in [1.29, 1.82) is 0 Å². The maximum atomic E-state index is 5.83. The van der Waals surface area contributed by atoms with Gasteiger partial charge in [-0.1, -0.05) is 35.8 Å². The minimum Gasteiger partial charge on any atom is -0.365 e. The van der Waals surface area contributed by atoms with E-state index in [0.717, 1.165) is 42.3 Å². The van der Waals surface area contributed by atoms with E-state index in [1.54, 1.807) is 4.90 Å². The van der Waals surface area contributed by atoms with Crippen LogP contribution in [-0.4, -0.2) is 44.0 Å². The van der Waals surface area contributed by atoms with Crippen LogP contribution in [0.1, 0.15) is 13.8 Å². The average Bonchev–Trinajstić information content (AvgIpc) is 2.45.